The maximum absolute atomic E-state index is 4.27. The molecule has 1 atom stereocenters. The molecule has 0 fully saturated rings. The van der Waals surface area contributed by atoms with E-state index in [1.54, 1.807) is 11.3 Å². The summed E-state index contributed by atoms with van der Waals surface area (Å²) < 4.78 is 0. The van der Waals surface area contributed by atoms with Crippen molar-refractivity contribution in [2.24, 2.45) is 4.99 Å². The third-order valence-electron chi connectivity index (χ3n) is 1.92. The summed E-state index contributed by atoms with van der Waals surface area (Å²) >= 11 is 1.66. The van der Waals surface area contributed by atoms with Gasteiger partial charge in [0.05, 0.1) is 11.2 Å². The van der Waals surface area contributed by atoms with E-state index in [1.165, 1.54) is 18.5 Å². The SMILES string of the molecule is C1=NCCCC1c1cscn1. The highest BCUT2D eigenvalue weighted by molar-refractivity contribution is 7.07. The zero-order valence-electron chi connectivity index (χ0n) is 6.23. The predicted octanol–water partition coefficient (Wildman–Crippen LogP) is 2.09. The lowest BCUT2D eigenvalue weighted by molar-refractivity contribution is 0.674. The monoisotopic (exact) mass is 166 g/mol. The molecule has 0 aliphatic carbocycles. The Balaban J connectivity index is 2.16. The minimum Gasteiger partial charge on any atom is -0.297 e. The number of hydrogen-bond donors (Lipinski definition) is 0. The van der Waals surface area contributed by atoms with Crippen LogP contribution in [0.1, 0.15) is 24.5 Å². The lowest BCUT2D eigenvalue weighted by Crippen LogP contribution is -2.06. The van der Waals surface area contributed by atoms with Crippen molar-refractivity contribution in [3.63, 3.8) is 0 Å². The maximum Gasteiger partial charge on any atom is 0.0794 e. The molecule has 1 aliphatic rings. The predicted molar refractivity (Wildman–Crippen MR) is 47.4 cm³/mol. The van der Waals surface area contributed by atoms with Gasteiger partial charge in [0.2, 0.25) is 0 Å². The highest BCUT2D eigenvalue weighted by atomic mass is 32.1. The molecule has 1 aromatic heterocycles. The fourth-order valence-corrected chi connectivity index (χ4v) is 1.93. The Morgan fingerprint density at radius 1 is 1.55 bits per heavy atom. The average molecular weight is 166 g/mol. The largest absolute Gasteiger partial charge is 0.297 e. The zero-order chi connectivity index (χ0) is 7.52. The van der Waals surface area contributed by atoms with Gasteiger partial charge in [-0.25, -0.2) is 4.98 Å². The summed E-state index contributed by atoms with van der Waals surface area (Å²) in [6, 6.07) is 0. The van der Waals surface area contributed by atoms with Crippen molar-refractivity contribution in [2.45, 2.75) is 18.8 Å². The van der Waals surface area contributed by atoms with E-state index in [4.69, 9.17) is 0 Å². The van der Waals surface area contributed by atoms with Crippen LogP contribution in [-0.2, 0) is 0 Å². The van der Waals surface area contributed by atoms with Crippen LogP contribution in [-0.4, -0.2) is 17.7 Å². The molecule has 0 amide bonds. The normalized spacial score (nSPS) is 23.8. The Hall–Kier alpha value is -0.700. The van der Waals surface area contributed by atoms with Gasteiger partial charge >= 0.3 is 0 Å². The first-order chi connectivity index (χ1) is 5.47. The average Bonchev–Trinajstić information content (AvgIpc) is 2.58. The Bertz CT molecular complexity index is 241. The number of thiazole rings is 1. The standard InChI is InChI=1S/C8H10N2S/c1-2-7(4-9-3-1)8-5-11-6-10-8/h4-7H,1-3H2. The van der Waals surface area contributed by atoms with Crippen LogP contribution in [0, 0.1) is 0 Å². The van der Waals surface area contributed by atoms with Gasteiger partial charge in [0.15, 0.2) is 0 Å². The molecule has 0 saturated carbocycles. The second-order valence-corrected chi connectivity index (χ2v) is 3.44. The number of aliphatic imine (C=N–C) groups is 1. The zero-order valence-corrected chi connectivity index (χ0v) is 7.05. The van der Waals surface area contributed by atoms with Crippen molar-refractivity contribution in [1.29, 1.82) is 0 Å². The Morgan fingerprint density at radius 3 is 3.18 bits per heavy atom. The Kier molecular flexibility index (Phi) is 1.99. The van der Waals surface area contributed by atoms with Gasteiger partial charge in [-0.15, -0.1) is 11.3 Å². The molecule has 2 nitrogen and oxygen atoms in total. The van der Waals surface area contributed by atoms with Crippen molar-refractivity contribution in [3.05, 3.63) is 16.6 Å². The van der Waals surface area contributed by atoms with Crippen LogP contribution in [0.25, 0.3) is 0 Å². The molecule has 1 aromatic rings. The fourth-order valence-electron chi connectivity index (χ4n) is 1.31. The van der Waals surface area contributed by atoms with Crippen molar-refractivity contribution >= 4 is 17.6 Å². The van der Waals surface area contributed by atoms with Gasteiger partial charge in [0, 0.05) is 24.1 Å². The molecule has 0 aromatic carbocycles. The van der Waals surface area contributed by atoms with Gasteiger partial charge in [0.25, 0.3) is 0 Å². The van der Waals surface area contributed by atoms with Crippen molar-refractivity contribution in [1.82, 2.24) is 4.98 Å². The van der Waals surface area contributed by atoms with Crippen molar-refractivity contribution < 1.29 is 0 Å². The molecular formula is C8H10N2S. The minimum absolute atomic E-state index is 0.495. The first kappa shape index (κ1) is 6.98. The first-order valence-electron chi connectivity index (χ1n) is 3.85. The highest BCUT2D eigenvalue weighted by Crippen LogP contribution is 2.21. The smallest absolute Gasteiger partial charge is 0.0794 e. The van der Waals surface area contributed by atoms with Gasteiger partial charge < -0.3 is 0 Å². The van der Waals surface area contributed by atoms with E-state index in [-0.39, 0.29) is 0 Å². The molecule has 0 radical (unpaired) electrons. The third-order valence-corrected chi connectivity index (χ3v) is 2.52. The molecular weight excluding hydrogens is 156 g/mol. The van der Waals surface area contributed by atoms with Crippen LogP contribution in [0.3, 0.4) is 0 Å². The third kappa shape index (κ3) is 1.48. The summed E-state index contributed by atoms with van der Waals surface area (Å²) in [5.74, 6) is 0.495. The van der Waals surface area contributed by atoms with E-state index < -0.39 is 0 Å². The summed E-state index contributed by atoms with van der Waals surface area (Å²) in [6.45, 7) is 1.00. The summed E-state index contributed by atoms with van der Waals surface area (Å²) in [7, 11) is 0. The van der Waals surface area contributed by atoms with E-state index in [9.17, 15) is 0 Å². The van der Waals surface area contributed by atoms with Gasteiger partial charge in [-0.05, 0) is 12.8 Å². The van der Waals surface area contributed by atoms with E-state index >= 15 is 0 Å². The molecule has 0 N–H and O–H groups in total. The Labute approximate surface area is 70.0 Å². The quantitative estimate of drug-likeness (QED) is 0.627. The number of hydrogen-bond acceptors (Lipinski definition) is 3. The summed E-state index contributed by atoms with van der Waals surface area (Å²) in [4.78, 5) is 8.52. The van der Waals surface area contributed by atoms with Gasteiger partial charge in [-0.3, -0.25) is 4.99 Å². The topological polar surface area (TPSA) is 25.2 Å². The van der Waals surface area contributed by atoms with Crippen molar-refractivity contribution in [2.75, 3.05) is 6.54 Å². The Morgan fingerprint density at radius 2 is 2.55 bits per heavy atom. The van der Waals surface area contributed by atoms with Gasteiger partial charge in [-0.1, -0.05) is 0 Å². The molecule has 0 bridgehead atoms. The first-order valence-corrected chi connectivity index (χ1v) is 4.79. The summed E-state index contributed by atoms with van der Waals surface area (Å²) in [5.41, 5.74) is 3.08. The van der Waals surface area contributed by atoms with E-state index in [2.05, 4.69) is 15.4 Å². The minimum atomic E-state index is 0.495. The molecule has 58 valence electrons. The van der Waals surface area contributed by atoms with Crippen LogP contribution >= 0.6 is 11.3 Å². The lowest BCUT2D eigenvalue weighted by Gasteiger charge is -2.12. The van der Waals surface area contributed by atoms with E-state index in [0.717, 1.165) is 6.54 Å². The molecule has 0 saturated heterocycles. The fraction of sp³-hybridized carbons (Fsp3) is 0.500. The van der Waals surface area contributed by atoms with Gasteiger partial charge in [0.1, 0.15) is 0 Å². The molecule has 1 aliphatic heterocycles. The molecule has 2 rings (SSSR count). The van der Waals surface area contributed by atoms with Crippen LogP contribution in [0.4, 0.5) is 0 Å². The highest BCUT2D eigenvalue weighted by Gasteiger charge is 2.12. The number of rotatable bonds is 1. The molecule has 3 heteroatoms. The molecule has 1 unspecified atom stereocenters. The number of nitrogens with zero attached hydrogens (tertiary/aromatic N) is 2. The van der Waals surface area contributed by atoms with Crippen LogP contribution in [0.5, 0.6) is 0 Å². The van der Waals surface area contributed by atoms with Crippen LogP contribution < -0.4 is 0 Å². The van der Waals surface area contributed by atoms with Crippen LogP contribution in [0.2, 0.25) is 0 Å². The second-order valence-electron chi connectivity index (χ2n) is 2.72. The molecule has 2 heterocycles. The number of aromatic nitrogens is 1. The molecule has 0 spiro atoms. The van der Waals surface area contributed by atoms with Gasteiger partial charge in [-0.2, -0.15) is 0 Å². The van der Waals surface area contributed by atoms with Crippen LogP contribution in [0.15, 0.2) is 15.9 Å². The summed E-state index contributed by atoms with van der Waals surface area (Å²) in [5, 5.41) is 2.11. The summed E-state index contributed by atoms with van der Waals surface area (Å²) in [6.07, 6.45) is 4.46. The van der Waals surface area contributed by atoms with E-state index in [0.29, 0.717) is 5.92 Å². The second kappa shape index (κ2) is 3.13. The maximum atomic E-state index is 4.27. The van der Waals surface area contributed by atoms with Crippen molar-refractivity contribution in [3.8, 4) is 0 Å². The lowest BCUT2D eigenvalue weighted by atomic mass is 10.00. The van der Waals surface area contributed by atoms with E-state index in [1.807, 2.05) is 11.7 Å². The molecule has 11 heavy (non-hydrogen) atoms.